The number of hydrogen-bond acceptors (Lipinski definition) is 4. The zero-order valence-electron chi connectivity index (χ0n) is 9.53. The fourth-order valence-electron chi connectivity index (χ4n) is 1.45. The Balaban J connectivity index is 1.87. The van der Waals surface area contributed by atoms with Gasteiger partial charge in [0.15, 0.2) is 0 Å². The molecule has 0 saturated heterocycles. The van der Waals surface area contributed by atoms with Crippen LogP contribution in [-0.4, -0.2) is 15.2 Å². The summed E-state index contributed by atoms with van der Waals surface area (Å²) in [6.45, 7) is 5.07. The van der Waals surface area contributed by atoms with Crippen LogP contribution < -0.4 is 5.32 Å². The molecule has 2 aromatic heterocycles. The van der Waals surface area contributed by atoms with Gasteiger partial charge in [0.2, 0.25) is 0 Å². The quantitative estimate of drug-likeness (QED) is 0.837. The molecule has 0 bridgehead atoms. The van der Waals surface area contributed by atoms with Crippen molar-refractivity contribution in [1.82, 2.24) is 20.5 Å². The lowest BCUT2D eigenvalue weighted by Gasteiger charge is -2.09. The summed E-state index contributed by atoms with van der Waals surface area (Å²) in [4.78, 5) is 5.71. The first-order valence-electron chi connectivity index (χ1n) is 5.46. The minimum Gasteiger partial charge on any atom is -0.302 e. The lowest BCUT2D eigenvalue weighted by Crippen LogP contribution is -2.18. The highest BCUT2D eigenvalue weighted by atomic mass is 32.1. The predicted octanol–water partition coefficient (Wildman–Crippen LogP) is 2.28. The van der Waals surface area contributed by atoms with Crippen LogP contribution in [0.5, 0.6) is 0 Å². The zero-order valence-corrected chi connectivity index (χ0v) is 10.3. The molecule has 0 aliphatic heterocycles. The Morgan fingerprint density at radius 3 is 3.06 bits per heavy atom. The summed E-state index contributed by atoms with van der Waals surface area (Å²) in [5.74, 6) is 0. The van der Waals surface area contributed by atoms with E-state index >= 15 is 0 Å². The predicted molar refractivity (Wildman–Crippen MR) is 65.3 cm³/mol. The van der Waals surface area contributed by atoms with Gasteiger partial charge in [-0.05, 0) is 19.4 Å². The second-order valence-corrected chi connectivity index (χ2v) is 4.89. The van der Waals surface area contributed by atoms with Crippen LogP contribution in [-0.2, 0) is 13.0 Å². The molecular weight excluding hydrogens is 220 g/mol. The minimum absolute atomic E-state index is 0.275. The van der Waals surface area contributed by atoms with Crippen molar-refractivity contribution in [2.75, 3.05) is 0 Å². The van der Waals surface area contributed by atoms with Gasteiger partial charge in [0.25, 0.3) is 0 Å². The number of thiazole rings is 1. The molecule has 2 heterocycles. The van der Waals surface area contributed by atoms with Crippen molar-refractivity contribution in [2.45, 2.75) is 32.9 Å². The van der Waals surface area contributed by atoms with Crippen molar-refractivity contribution in [3.05, 3.63) is 34.0 Å². The van der Waals surface area contributed by atoms with Gasteiger partial charge >= 0.3 is 0 Å². The van der Waals surface area contributed by atoms with Gasteiger partial charge in [-0.3, -0.25) is 5.10 Å². The molecule has 0 aliphatic carbocycles. The number of aryl methyl sites for hydroxylation is 1. The first-order valence-corrected chi connectivity index (χ1v) is 6.27. The van der Waals surface area contributed by atoms with E-state index in [9.17, 15) is 0 Å². The summed E-state index contributed by atoms with van der Waals surface area (Å²) in [5.41, 5.74) is 1.10. The third-order valence-corrected chi connectivity index (χ3v) is 3.64. The molecule has 5 heteroatoms. The number of nitrogens with zero attached hydrogens (tertiary/aromatic N) is 2. The number of hydrogen-bond donors (Lipinski definition) is 2. The second-order valence-electron chi connectivity index (χ2n) is 3.69. The Hall–Kier alpha value is -1.20. The monoisotopic (exact) mass is 236 g/mol. The first kappa shape index (κ1) is 11.3. The molecule has 16 heavy (non-hydrogen) atoms. The standard InChI is InChI=1S/C11H16N4S/c1-3-9-6-13-11(16-9)7-12-8(2)10-4-5-14-15-10/h4-6,8,12H,3,7H2,1-2H3,(H,14,15). The summed E-state index contributed by atoms with van der Waals surface area (Å²) in [7, 11) is 0. The van der Waals surface area contributed by atoms with Crippen LogP contribution in [0.2, 0.25) is 0 Å². The van der Waals surface area contributed by atoms with E-state index in [4.69, 9.17) is 0 Å². The van der Waals surface area contributed by atoms with E-state index in [1.165, 1.54) is 4.88 Å². The maximum absolute atomic E-state index is 4.37. The summed E-state index contributed by atoms with van der Waals surface area (Å²) in [5, 5.41) is 11.5. The van der Waals surface area contributed by atoms with Crippen molar-refractivity contribution in [2.24, 2.45) is 0 Å². The van der Waals surface area contributed by atoms with E-state index in [1.54, 1.807) is 17.5 Å². The third kappa shape index (κ3) is 2.68. The number of nitrogens with one attached hydrogen (secondary N) is 2. The van der Waals surface area contributed by atoms with Crippen LogP contribution in [0.25, 0.3) is 0 Å². The van der Waals surface area contributed by atoms with Crippen LogP contribution in [0.15, 0.2) is 18.5 Å². The van der Waals surface area contributed by atoms with Crippen molar-refractivity contribution in [3.63, 3.8) is 0 Å². The van der Waals surface area contributed by atoms with Crippen molar-refractivity contribution >= 4 is 11.3 Å². The van der Waals surface area contributed by atoms with E-state index in [0.717, 1.165) is 23.7 Å². The molecule has 0 radical (unpaired) electrons. The fourth-order valence-corrected chi connectivity index (χ4v) is 2.26. The van der Waals surface area contributed by atoms with Gasteiger partial charge in [-0.1, -0.05) is 6.92 Å². The smallest absolute Gasteiger partial charge is 0.107 e. The van der Waals surface area contributed by atoms with Gasteiger partial charge in [0.05, 0.1) is 5.69 Å². The minimum atomic E-state index is 0.275. The van der Waals surface area contributed by atoms with Gasteiger partial charge in [-0.2, -0.15) is 5.10 Å². The molecule has 2 rings (SSSR count). The van der Waals surface area contributed by atoms with Crippen LogP contribution >= 0.6 is 11.3 Å². The number of H-pyrrole nitrogens is 1. The van der Waals surface area contributed by atoms with E-state index in [-0.39, 0.29) is 6.04 Å². The molecule has 1 atom stereocenters. The average molecular weight is 236 g/mol. The highest BCUT2D eigenvalue weighted by Crippen LogP contribution is 2.15. The normalized spacial score (nSPS) is 12.9. The first-order chi connectivity index (χ1) is 7.79. The molecule has 0 aliphatic rings. The van der Waals surface area contributed by atoms with Crippen molar-refractivity contribution in [3.8, 4) is 0 Å². The Kier molecular flexibility index (Phi) is 3.69. The van der Waals surface area contributed by atoms with Crippen molar-refractivity contribution in [1.29, 1.82) is 0 Å². The molecule has 86 valence electrons. The molecule has 0 fully saturated rings. The number of aromatic nitrogens is 3. The molecule has 0 amide bonds. The molecule has 4 nitrogen and oxygen atoms in total. The molecular formula is C11H16N4S. The Morgan fingerprint density at radius 1 is 1.56 bits per heavy atom. The van der Waals surface area contributed by atoms with Crippen molar-refractivity contribution < 1.29 is 0 Å². The van der Waals surface area contributed by atoms with Gasteiger partial charge < -0.3 is 5.32 Å². The number of rotatable bonds is 5. The molecule has 2 N–H and O–H groups in total. The average Bonchev–Trinajstić information content (AvgIpc) is 2.96. The summed E-state index contributed by atoms with van der Waals surface area (Å²) >= 11 is 1.77. The molecule has 2 aromatic rings. The molecule has 0 saturated carbocycles. The maximum atomic E-state index is 4.37. The van der Waals surface area contributed by atoms with Crippen LogP contribution in [0.4, 0.5) is 0 Å². The topological polar surface area (TPSA) is 53.6 Å². The van der Waals surface area contributed by atoms with Gasteiger partial charge in [-0.15, -0.1) is 11.3 Å². The van der Waals surface area contributed by atoms with Crippen LogP contribution in [0, 0.1) is 0 Å². The fraction of sp³-hybridized carbons (Fsp3) is 0.455. The lowest BCUT2D eigenvalue weighted by atomic mass is 10.2. The molecule has 1 unspecified atom stereocenters. The zero-order chi connectivity index (χ0) is 11.4. The summed E-state index contributed by atoms with van der Waals surface area (Å²) < 4.78 is 0. The van der Waals surface area contributed by atoms with E-state index in [0.29, 0.717) is 0 Å². The highest BCUT2D eigenvalue weighted by molar-refractivity contribution is 7.11. The second kappa shape index (κ2) is 5.23. The SMILES string of the molecule is CCc1cnc(CNC(C)c2ccn[nH]2)s1. The van der Waals surface area contributed by atoms with E-state index in [1.807, 2.05) is 12.3 Å². The summed E-state index contributed by atoms with van der Waals surface area (Å²) in [6.07, 6.45) is 4.79. The lowest BCUT2D eigenvalue weighted by molar-refractivity contribution is 0.559. The van der Waals surface area contributed by atoms with Gasteiger partial charge in [-0.25, -0.2) is 4.98 Å². The maximum Gasteiger partial charge on any atom is 0.107 e. The Morgan fingerprint density at radius 2 is 2.44 bits per heavy atom. The Bertz CT molecular complexity index is 421. The largest absolute Gasteiger partial charge is 0.302 e. The summed E-state index contributed by atoms with van der Waals surface area (Å²) in [6, 6.07) is 2.26. The molecule has 0 spiro atoms. The Labute approximate surface area is 99.1 Å². The van der Waals surface area contributed by atoms with Crippen LogP contribution in [0.3, 0.4) is 0 Å². The van der Waals surface area contributed by atoms with E-state index < -0.39 is 0 Å². The van der Waals surface area contributed by atoms with Crippen LogP contribution in [0.1, 0.15) is 35.5 Å². The van der Waals surface area contributed by atoms with Gasteiger partial charge in [0.1, 0.15) is 5.01 Å². The van der Waals surface area contributed by atoms with Gasteiger partial charge in [0, 0.05) is 29.9 Å². The molecule has 0 aromatic carbocycles. The third-order valence-electron chi connectivity index (χ3n) is 2.50. The number of aromatic amines is 1. The highest BCUT2D eigenvalue weighted by Gasteiger charge is 2.07. The van der Waals surface area contributed by atoms with E-state index in [2.05, 4.69) is 34.3 Å².